The lowest BCUT2D eigenvalue weighted by Crippen LogP contribution is -2.35. The Hall–Kier alpha value is -0.130. The second-order valence-electron chi connectivity index (χ2n) is 5.18. The molecule has 1 aliphatic heterocycles. The van der Waals surface area contributed by atoms with Gasteiger partial charge in [-0.15, -0.1) is 0 Å². The van der Waals surface area contributed by atoms with E-state index < -0.39 is 9.84 Å². The molecule has 4 nitrogen and oxygen atoms in total. The highest BCUT2D eigenvalue weighted by molar-refractivity contribution is 7.92. The average molecular weight is 262 g/mol. The van der Waals surface area contributed by atoms with Crippen molar-refractivity contribution < 1.29 is 8.42 Å². The summed E-state index contributed by atoms with van der Waals surface area (Å²) in [6.45, 7) is 5.98. The van der Waals surface area contributed by atoms with E-state index in [0.717, 1.165) is 25.9 Å². The molecule has 0 amide bonds. The van der Waals surface area contributed by atoms with Gasteiger partial charge in [-0.2, -0.15) is 0 Å². The van der Waals surface area contributed by atoms with Gasteiger partial charge in [0.15, 0.2) is 9.84 Å². The van der Waals surface area contributed by atoms with Gasteiger partial charge in [0.1, 0.15) is 0 Å². The van der Waals surface area contributed by atoms with Gasteiger partial charge in [0.2, 0.25) is 0 Å². The molecule has 0 bridgehead atoms. The largest absolute Gasteiger partial charge is 0.330 e. The topological polar surface area (TPSA) is 63.4 Å². The summed E-state index contributed by atoms with van der Waals surface area (Å²) in [5.74, 6) is 0.295. The molecule has 1 fully saturated rings. The molecule has 102 valence electrons. The Morgan fingerprint density at radius 1 is 1.41 bits per heavy atom. The van der Waals surface area contributed by atoms with Gasteiger partial charge in [0, 0.05) is 12.6 Å². The molecular formula is C12H26N2O2S. The molecule has 0 aromatic heterocycles. The van der Waals surface area contributed by atoms with E-state index in [2.05, 4.69) is 4.90 Å². The first-order valence-electron chi connectivity index (χ1n) is 6.63. The van der Waals surface area contributed by atoms with Crippen LogP contribution in [0.2, 0.25) is 0 Å². The van der Waals surface area contributed by atoms with Crippen LogP contribution in [0, 0.1) is 0 Å². The van der Waals surface area contributed by atoms with Crippen LogP contribution < -0.4 is 5.73 Å². The molecule has 1 atom stereocenters. The fourth-order valence-corrected chi connectivity index (χ4v) is 3.31. The summed E-state index contributed by atoms with van der Waals surface area (Å²) < 4.78 is 23.5. The van der Waals surface area contributed by atoms with Crippen molar-refractivity contribution in [3.8, 4) is 0 Å². The Morgan fingerprint density at radius 2 is 2.12 bits per heavy atom. The van der Waals surface area contributed by atoms with Crippen LogP contribution in [0.3, 0.4) is 0 Å². The van der Waals surface area contributed by atoms with Crippen molar-refractivity contribution in [2.45, 2.75) is 50.8 Å². The van der Waals surface area contributed by atoms with E-state index in [-0.39, 0.29) is 5.25 Å². The zero-order valence-electron chi connectivity index (χ0n) is 11.1. The molecule has 0 spiro atoms. The predicted molar refractivity (Wildman–Crippen MR) is 71.8 cm³/mol. The molecule has 1 rings (SSSR count). The molecule has 1 heterocycles. The number of hydrogen-bond acceptors (Lipinski definition) is 4. The fourth-order valence-electron chi connectivity index (χ4n) is 2.35. The summed E-state index contributed by atoms with van der Waals surface area (Å²) in [6, 6.07) is 0.556. The van der Waals surface area contributed by atoms with Gasteiger partial charge in [0.25, 0.3) is 0 Å². The SMILES string of the molecule is CC(C)S(=O)(=O)CCN1CCCC1CCCN. The van der Waals surface area contributed by atoms with Gasteiger partial charge >= 0.3 is 0 Å². The quantitative estimate of drug-likeness (QED) is 0.744. The summed E-state index contributed by atoms with van der Waals surface area (Å²) in [5.41, 5.74) is 5.52. The molecule has 0 aromatic rings. The van der Waals surface area contributed by atoms with Gasteiger partial charge < -0.3 is 5.73 Å². The standard InChI is InChI=1S/C12H26N2O2S/c1-11(2)17(15,16)10-9-14-8-4-6-12(14)5-3-7-13/h11-12H,3-10,13H2,1-2H3. The van der Waals surface area contributed by atoms with E-state index in [1.165, 1.54) is 12.8 Å². The van der Waals surface area contributed by atoms with Crippen molar-refractivity contribution in [3.63, 3.8) is 0 Å². The third kappa shape index (κ3) is 4.56. The van der Waals surface area contributed by atoms with Crippen LogP contribution in [0.25, 0.3) is 0 Å². The Kier molecular flexibility index (Phi) is 5.89. The molecule has 0 saturated carbocycles. The summed E-state index contributed by atoms with van der Waals surface area (Å²) in [7, 11) is -2.90. The summed E-state index contributed by atoms with van der Waals surface area (Å²) >= 11 is 0. The number of rotatable bonds is 7. The predicted octanol–water partition coefficient (Wildman–Crippen LogP) is 1.01. The van der Waals surface area contributed by atoms with Gasteiger partial charge in [-0.3, -0.25) is 4.90 Å². The molecule has 0 aromatic carbocycles. The first kappa shape index (κ1) is 14.9. The summed E-state index contributed by atoms with van der Waals surface area (Å²) in [4.78, 5) is 2.33. The van der Waals surface area contributed by atoms with Crippen molar-refractivity contribution in [2.75, 3.05) is 25.4 Å². The van der Waals surface area contributed by atoms with Crippen LogP contribution in [-0.4, -0.2) is 50.0 Å². The first-order valence-corrected chi connectivity index (χ1v) is 8.34. The highest BCUT2D eigenvalue weighted by Gasteiger charge is 2.26. The third-order valence-electron chi connectivity index (χ3n) is 3.62. The zero-order valence-corrected chi connectivity index (χ0v) is 11.9. The minimum absolute atomic E-state index is 0.257. The van der Waals surface area contributed by atoms with E-state index in [4.69, 9.17) is 5.73 Å². The molecule has 0 aliphatic carbocycles. The van der Waals surface area contributed by atoms with Crippen molar-refractivity contribution in [3.05, 3.63) is 0 Å². The smallest absolute Gasteiger partial charge is 0.153 e. The molecular weight excluding hydrogens is 236 g/mol. The van der Waals surface area contributed by atoms with E-state index >= 15 is 0 Å². The maximum Gasteiger partial charge on any atom is 0.153 e. The lowest BCUT2D eigenvalue weighted by atomic mass is 10.1. The molecule has 1 aliphatic rings. The molecule has 1 saturated heterocycles. The molecule has 2 N–H and O–H groups in total. The summed E-state index contributed by atoms with van der Waals surface area (Å²) in [5, 5.41) is -0.257. The average Bonchev–Trinajstić information content (AvgIpc) is 2.71. The van der Waals surface area contributed by atoms with E-state index in [0.29, 0.717) is 18.3 Å². The number of sulfone groups is 1. The van der Waals surface area contributed by atoms with Gasteiger partial charge in [-0.25, -0.2) is 8.42 Å². The van der Waals surface area contributed by atoms with Crippen LogP contribution in [0.5, 0.6) is 0 Å². The van der Waals surface area contributed by atoms with Crippen LogP contribution in [0.4, 0.5) is 0 Å². The van der Waals surface area contributed by atoms with E-state index in [1.807, 2.05) is 0 Å². The minimum Gasteiger partial charge on any atom is -0.330 e. The lowest BCUT2D eigenvalue weighted by Gasteiger charge is -2.24. The van der Waals surface area contributed by atoms with Gasteiger partial charge in [-0.05, 0) is 52.6 Å². The van der Waals surface area contributed by atoms with Crippen molar-refractivity contribution in [2.24, 2.45) is 5.73 Å². The highest BCUT2D eigenvalue weighted by atomic mass is 32.2. The molecule has 5 heteroatoms. The monoisotopic (exact) mass is 262 g/mol. The van der Waals surface area contributed by atoms with Gasteiger partial charge in [-0.1, -0.05) is 0 Å². The maximum atomic E-state index is 11.8. The molecule has 1 unspecified atom stereocenters. The minimum atomic E-state index is -2.90. The normalized spacial score (nSPS) is 22.5. The third-order valence-corrected chi connectivity index (χ3v) is 5.81. The van der Waals surface area contributed by atoms with Crippen LogP contribution in [-0.2, 0) is 9.84 Å². The van der Waals surface area contributed by atoms with E-state index in [9.17, 15) is 8.42 Å². The Bertz CT molecular complexity index is 314. The number of likely N-dealkylation sites (tertiary alicyclic amines) is 1. The maximum absolute atomic E-state index is 11.8. The van der Waals surface area contributed by atoms with Crippen LogP contribution in [0.1, 0.15) is 39.5 Å². The Balaban J connectivity index is 2.40. The number of nitrogens with zero attached hydrogens (tertiary/aromatic N) is 1. The van der Waals surface area contributed by atoms with Crippen molar-refractivity contribution in [1.82, 2.24) is 4.90 Å². The molecule has 0 radical (unpaired) electrons. The lowest BCUT2D eigenvalue weighted by molar-refractivity contribution is 0.254. The van der Waals surface area contributed by atoms with Crippen LogP contribution in [0.15, 0.2) is 0 Å². The van der Waals surface area contributed by atoms with Crippen molar-refractivity contribution in [1.29, 1.82) is 0 Å². The zero-order chi connectivity index (χ0) is 12.9. The van der Waals surface area contributed by atoms with Crippen molar-refractivity contribution >= 4 is 9.84 Å². The second-order valence-corrected chi connectivity index (χ2v) is 7.86. The second kappa shape index (κ2) is 6.71. The fraction of sp³-hybridized carbons (Fsp3) is 1.00. The first-order chi connectivity index (χ1) is 7.97. The Morgan fingerprint density at radius 3 is 2.71 bits per heavy atom. The molecule has 17 heavy (non-hydrogen) atoms. The summed E-state index contributed by atoms with van der Waals surface area (Å²) in [6.07, 6.45) is 4.54. The number of hydrogen-bond donors (Lipinski definition) is 1. The van der Waals surface area contributed by atoms with E-state index in [1.54, 1.807) is 13.8 Å². The highest BCUT2D eigenvalue weighted by Crippen LogP contribution is 2.21. The van der Waals surface area contributed by atoms with Crippen LogP contribution >= 0.6 is 0 Å². The van der Waals surface area contributed by atoms with Gasteiger partial charge in [0.05, 0.1) is 11.0 Å². The Labute approximate surface area is 105 Å². The number of nitrogens with two attached hydrogens (primary N) is 1.